The predicted molar refractivity (Wildman–Crippen MR) is 163 cm³/mol. The first-order valence-electron chi connectivity index (χ1n) is 17.2. The van der Waals surface area contributed by atoms with Crippen LogP contribution in [-0.2, 0) is 0 Å². The minimum atomic E-state index is 1.36. The molecule has 0 atom stereocenters. The third-order valence-corrected chi connectivity index (χ3v) is 8.02. The Labute approximate surface area is 225 Å². The highest BCUT2D eigenvalue weighted by atomic mass is 14.0. The van der Waals surface area contributed by atoms with Crippen molar-refractivity contribution in [2.24, 2.45) is 0 Å². The van der Waals surface area contributed by atoms with Crippen LogP contribution in [0.4, 0.5) is 0 Å². The van der Waals surface area contributed by atoms with Crippen LogP contribution in [0.1, 0.15) is 219 Å². The summed E-state index contributed by atoms with van der Waals surface area (Å²) in [5.74, 6) is 0. The van der Waals surface area contributed by atoms with E-state index in [2.05, 4.69) is 20.3 Å². The molecule has 0 aromatic carbocycles. The molecule has 0 unspecified atom stereocenters. The van der Waals surface area contributed by atoms with Gasteiger partial charge in [0.05, 0.1) is 0 Å². The highest BCUT2D eigenvalue weighted by molar-refractivity contribution is 4.64. The molecule has 0 aliphatic heterocycles. The average molecular weight is 492 g/mol. The van der Waals surface area contributed by atoms with E-state index >= 15 is 0 Å². The van der Waals surface area contributed by atoms with Crippen molar-refractivity contribution in [3.8, 4) is 0 Å². The first-order valence-corrected chi connectivity index (χ1v) is 17.2. The molecule has 0 heteroatoms. The summed E-state index contributed by atoms with van der Waals surface area (Å²) in [6.45, 7) is 4.61. The van der Waals surface area contributed by atoms with Crippen LogP contribution in [0.2, 0.25) is 0 Å². The van der Waals surface area contributed by atoms with Crippen molar-refractivity contribution in [3.63, 3.8) is 0 Å². The molecule has 0 N–H and O–H groups in total. The van der Waals surface area contributed by atoms with Crippen molar-refractivity contribution in [2.75, 3.05) is 0 Å². The second-order valence-electron chi connectivity index (χ2n) is 11.8. The maximum atomic E-state index is 2.56. The van der Waals surface area contributed by atoms with Gasteiger partial charge >= 0.3 is 0 Å². The lowest BCUT2D eigenvalue weighted by molar-refractivity contribution is 0.516. The molecule has 35 heavy (non-hydrogen) atoms. The Morgan fingerprint density at radius 1 is 0.229 bits per heavy atom. The fourth-order valence-electron chi connectivity index (χ4n) is 5.46. The van der Waals surface area contributed by atoms with Gasteiger partial charge < -0.3 is 0 Å². The van der Waals surface area contributed by atoms with E-state index in [0.29, 0.717) is 0 Å². The molecular formula is C35H71. The minimum Gasteiger partial charge on any atom is -0.0654 e. The van der Waals surface area contributed by atoms with Crippen LogP contribution in [0.25, 0.3) is 0 Å². The van der Waals surface area contributed by atoms with Gasteiger partial charge in [-0.15, -0.1) is 0 Å². The molecular weight excluding hydrogens is 420 g/mol. The molecule has 0 saturated heterocycles. The zero-order chi connectivity index (χ0) is 25.3. The fraction of sp³-hybridized carbons (Fsp3) is 0.971. The van der Waals surface area contributed by atoms with Gasteiger partial charge in [0.2, 0.25) is 0 Å². The molecule has 0 fully saturated rings. The molecule has 0 aromatic heterocycles. The van der Waals surface area contributed by atoms with Crippen LogP contribution in [0.15, 0.2) is 0 Å². The highest BCUT2D eigenvalue weighted by Crippen LogP contribution is 2.16. The summed E-state index contributed by atoms with van der Waals surface area (Å²) in [6, 6.07) is 0. The third kappa shape index (κ3) is 34.0. The summed E-state index contributed by atoms with van der Waals surface area (Å²) in [5, 5.41) is 0. The van der Waals surface area contributed by atoms with E-state index < -0.39 is 0 Å². The summed E-state index contributed by atoms with van der Waals surface area (Å²) in [7, 11) is 0. The van der Waals surface area contributed by atoms with Gasteiger partial charge in [0, 0.05) is 0 Å². The summed E-state index contributed by atoms with van der Waals surface area (Å²) in [5.41, 5.74) is 0. The Bertz CT molecular complexity index is 301. The first kappa shape index (κ1) is 35.0. The Hall–Kier alpha value is 0. The normalized spacial score (nSPS) is 11.5. The first-order chi connectivity index (χ1) is 17.4. The molecule has 0 aromatic rings. The molecule has 211 valence electrons. The maximum absolute atomic E-state index is 2.56. The second-order valence-corrected chi connectivity index (χ2v) is 11.8. The van der Waals surface area contributed by atoms with Crippen molar-refractivity contribution in [1.29, 1.82) is 0 Å². The van der Waals surface area contributed by atoms with Gasteiger partial charge in [-0.1, -0.05) is 219 Å². The lowest BCUT2D eigenvalue weighted by Gasteiger charge is -2.04. The smallest absolute Gasteiger partial charge is 0.0386 e. The lowest BCUT2D eigenvalue weighted by Crippen LogP contribution is -1.85. The fourth-order valence-corrected chi connectivity index (χ4v) is 5.46. The summed E-state index contributed by atoms with van der Waals surface area (Å²) < 4.78 is 0. The summed E-state index contributed by atoms with van der Waals surface area (Å²) in [4.78, 5) is 0. The average Bonchev–Trinajstić information content (AvgIpc) is 2.87. The van der Waals surface area contributed by atoms with Crippen LogP contribution >= 0.6 is 0 Å². The number of rotatable bonds is 32. The molecule has 0 heterocycles. The molecule has 0 aliphatic carbocycles. The Morgan fingerprint density at radius 2 is 0.400 bits per heavy atom. The molecule has 0 aliphatic rings. The van der Waals surface area contributed by atoms with Gasteiger partial charge in [-0.25, -0.2) is 0 Å². The summed E-state index contributed by atoms with van der Waals surface area (Å²) in [6.07, 6.45) is 49.4. The van der Waals surface area contributed by atoms with E-state index in [0.717, 1.165) is 0 Å². The second kappa shape index (κ2) is 34.0. The quantitative estimate of drug-likeness (QED) is 0.0820. The molecule has 0 bridgehead atoms. The van der Waals surface area contributed by atoms with Gasteiger partial charge in [-0.05, 0) is 6.42 Å². The largest absolute Gasteiger partial charge is 0.0654 e. The van der Waals surface area contributed by atoms with Crippen LogP contribution in [0, 0.1) is 6.42 Å². The van der Waals surface area contributed by atoms with E-state index in [4.69, 9.17) is 0 Å². The van der Waals surface area contributed by atoms with Crippen LogP contribution in [0.3, 0.4) is 0 Å². The standard InChI is InChI=1S/C35H71/c1-3-5-7-9-11-13-15-17-19-21-23-25-27-29-31-33-35-34-32-30-28-26-24-22-20-18-16-14-12-10-8-6-4-2/h15H,3-14,16-35H2,1-2H3. The Morgan fingerprint density at radius 3 is 0.600 bits per heavy atom. The van der Waals surface area contributed by atoms with Gasteiger partial charge in [0.25, 0.3) is 0 Å². The maximum Gasteiger partial charge on any atom is -0.0386 e. The molecule has 0 rings (SSSR count). The molecule has 0 nitrogen and oxygen atoms in total. The van der Waals surface area contributed by atoms with E-state index in [9.17, 15) is 0 Å². The van der Waals surface area contributed by atoms with Gasteiger partial charge in [0.15, 0.2) is 0 Å². The van der Waals surface area contributed by atoms with Crippen LogP contribution in [-0.4, -0.2) is 0 Å². The van der Waals surface area contributed by atoms with E-state index in [-0.39, 0.29) is 0 Å². The topological polar surface area (TPSA) is 0 Å². The monoisotopic (exact) mass is 492 g/mol. The van der Waals surface area contributed by atoms with Crippen molar-refractivity contribution in [1.82, 2.24) is 0 Å². The Kier molecular flexibility index (Phi) is 34.0. The van der Waals surface area contributed by atoms with Crippen molar-refractivity contribution >= 4 is 0 Å². The molecule has 0 saturated carbocycles. The van der Waals surface area contributed by atoms with Gasteiger partial charge in [-0.2, -0.15) is 0 Å². The van der Waals surface area contributed by atoms with E-state index in [1.807, 2.05) is 0 Å². The number of hydrogen-bond donors (Lipinski definition) is 0. The SMILES string of the molecule is CCCCCCC[CH]CCCCCCCCCCCCCCCCCCCCCCCCCCC. The minimum absolute atomic E-state index is 1.36. The van der Waals surface area contributed by atoms with Gasteiger partial charge in [0.1, 0.15) is 0 Å². The zero-order valence-corrected chi connectivity index (χ0v) is 25.2. The third-order valence-electron chi connectivity index (χ3n) is 8.02. The van der Waals surface area contributed by atoms with Crippen molar-refractivity contribution < 1.29 is 0 Å². The van der Waals surface area contributed by atoms with Crippen molar-refractivity contribution in [2.45, 2.75) is 219 Å². The predicted octanol–water partition coefficient (Wildman–Crippen LogP) is 13.7. The number of hydrogen-bond acceptors (Lipinski definition) is 0. The van der Waals surface area contributed by atoms with Gasteiger partial charge in [-0.3, -0.25) is 0 Å². The molecule has 0 amide bonds. The van der Waals surface area contributed by atoms with Crippen LogP contribution in [0.5, 0.6) is 0 Å². The number of unbranched alkanes of at least 4 members (excludes halogenated alkanes) is 32. The highest BCUT2D eigenvalue weighted by Gasteiger charge is 1.97. The molecule has 1 radical (unpaired) electrons. The van der Waals surface area contributed by atoms with Crippen LogP contribution < -0.4 is 0 Å². The van der Waals surface area contributed by atoms with E-state index in [1.54, 1.807) is 0 Å². The lowest BCUT2D eigenvalue weighted by atomic mass is 10.0. The zero-order valence-electron chi connectivity index (χ0n) is 25.2. The molecule has 0 spiro atoms. The Balaban J connectivity index is 3.00. The summed E-state index contributed by atoms with van der Waals surface area (Å²) >= 11 is 0. The van der Waals surface area contributed by atoms with Crippen molar-refractivity contribution in [3.05, 3.63) is 6.42 Å². The van der Waals surface area contributed by atoms with E-state index in [1.165, 1.54) is 205 Å².